The molecule has 10 heavy (non-hydrogen) atoms. The average Bonchev–Trinajstić information content (AvgIpc) is 1.85. The van der Waals surface area contributed by atoms with Crippen molar-refractivity contribution in [1.29, 1.82) is 5.26 Å². The third kappa shape index (κ3) is 4.64. The fraction of sp³-hybridized carbons (Fsp3) is 0.875. The molecule has 0 aromatic heterocycles. The minimum atomic E-state index is -0.649. The summed E-state index contributed by atoms with van der Waals surface area (Å²) in [4.78, 5) is -0.649. The number of rotatable bonds is 3. The van der Waals surface area contributed by atoms with Crippen LogP contribution in [-0.4, -0.2) is 4.87 Å². The molecular weight excluding hydrogens is 146 g/mol. The van der Waals surface area contributed by atoms with E-state index in [0.29, 0.717) is 5.92 Å². The Hall–Kier alpha value is -0.220. The van der Waals surface area contributed by atoms with Crippen LogP contribution in [0.3, 0.4) is 0 Å². The molecule has 2 heteroatoms. The van der Waals surface area contributed by atoms with Crippen molar-refractivity contribution in [2.24, 2.45) is 5.92 Å². The van der Waals surface area contributed by atoms with E-state index in [9.17, 15) is 0 Å². The maximum Gasteiger partial charge on any atom is 0.128 e. The summed E-state index contributed by atoms with van der Waals surface area (Å²) in [6.07, 6.45) is 1.80. The van der Waals surface area contributed by atoms with Crippen molar-refractivity contribution in [3.63, 3.8) is 0 Å². The van der Waals surface area contributed by atoms with Crippen molar-refractivity contribution in [3.8, 4) is 6.07 Å². The Morgan fingerprint density at radius 1 is 1.60 bits per heavy atom. The molecule has 0 fully saturated rings. The lowest BCUT2D eigenvalue weighted by atomic mass is 10.00. The molecule has 0 aliphatic carbocycles. The Bertz CT molecular complexity index is 133. The predicted molar refractivity (Wildman–Crippen MR) is 43.9 cm³/mol. The normalized spacial score (nSPS) is 16.4. The zero-order valence-electron chi connectivity index (χ0n) is 6.82. The van der Waals surface area contributed by atoms with Crippen molar-refractivity contribution >= 4 is 11.6 Å². The summed E-state index contributed by atoms with van der Waals surface area (Å²) in [6, 6.07) is 2.06. The van der Waals surface area contributed by atoms with Crippen LogP contribution in [0.1, 0.15) is 33.6 Å². The van der Waals surface area contributed by atoms with Crippen molar-refractivity contribution in [3.05, 3.63) is 0 Å². The second-order valence-electron chi connectivity index (χ2n) is 3.24. The first-order valence-corrected chi connectivity index (χ1v) is 3.96. The summed E-state index contributed by atoms with van der Waals surface area (Å²) >= 11 is 5.80. The van der Waals surface area contributed by atoms with Gasteiger partial charge in [-0.25, -0.2) is 0 Å². The Morgan fingerprint density at radius 2 is 2.10 bits per heavy atom. The summed E-state index contributed by atoms with van der Waals surface area (Å²) in [6.45, 7) is 6.02. The monoisotopic (exact) mass is 159 g/mol. The van der Waals surface area contributed by atoms with Crippen molar-refractivity contribution < 1.29 is 0 Å². The topological polar surface area (TPSA) is 23.8 Å². The van der Waals surface area contributed by atoms with Gasteiger partial charge in [-0.3, -0.25) is 0 Å². The molecule has 0 spiro atoms. The van der Waals surface area contributed by atoms with Crippen LogP contribution in [0.15, 0.2) is 0 Å². The van der Waals surface area contributed by atoms with E-state index >= 15 is 0 Å². The van der Waals surface area contributed by atoms with E-state index in [-0.39, 0.29) is 0 Å². The lowest BCUT2D eigenvalue weighted by Gasteiger charge is -2.13. The van der Waals surface area contributed by atoms with E-state index in [1.54, 1.807) is 6.92 Å². The van der Waals surface area contributed by atoms with E-state index in [1.165, 1.54) is 0 Å². The van der Waals surface area contributed by atoms with Crippen molar-refractivity contribution in [2.45, 2.75) is 38.5 Å². The summed E-state index contributed by atoms with van der Waals surface area (Å²) in [5.41, 5.74) is 0. The summed E-state index contributed by atoms with van der Waals surface area (Å²) in [5.74, 6) is 0.631. The highest BCUT2D eigenvalue weighted by Crippen LogP contribution is 2.21. The Labute approximate surface area is 68.0 Å². The second-order valence-corrected chi connectivity index (χ2v) is 4.08. The molecule has 0 saturated heterocycles. The van der Waals surface area contributed by atoms with E-state index in [4.69, 9.17) is 16.9 Å². The molecule has 1 nitrogen and oxygen atoms in total. The molecule has 58 valence electrons. The average molecular weight is 160 g/mol. The molecule has 0 bridgehead atoms. The van der Waals surface area contributed by atoms with Crippen molar-refractivity contribution in [2.75, 3.05) is 0 Å². The van der Waals surface area contributed by atoms with Crippen molar-refractivity contribution in [1.82, 2.24) is 0 Å². The highest BCUT2D eigenvalue weighted by atomic mass is 35.5. The van der Waals surface area contributed by atoms with Gasteiger partial charge in [-0.1, -0.05) is 13.8 Å². The van der Waals surface area contributed by atoms with Crippen LogP contribution in [0.5, 0.6) is 0 Å². The largest absolute Gasteiger partial charge is 0.196 e. The molecule has 0 N–H and O–H groups in total. The van der Waals surface area contributed by atoms with Crippen LogP contribution >= 0.6 is 11.6 Å². The van der Waals surface area contributed by atoms with Gasteiger partial charge in [0.15, 0.2) is 0 Å². The zero-order valence-corrected chi connectivity index (χ0v) is 7.57. The molecule has 1 unspecified atom stereocenters. The molecule has 1 atom stereocenters. The molecule has 0 heterocycles. The van der Waals surface area contributed by atoms with Crippen LogP contribution in [0.4, 0.5) is 0 Å². The highest BCUT2D eigenvalue weighted by molar-refractivity contribution is 6.25. The number of halogens is 1. The standard InChI is InChI=1S/C8H14ClN/c1-7(2)4-5-8(3,9)6-10/h7H,4-5H2,1-3H3. The molecule has 0 radical (unpaired) electrons. The Balaban J connectivity index is 3.60. The molecule has 0 rings (SSSR count). The zero-order chi connectivity index (χ0) is 8.20. The Kier molecular flexibility index (Phi) is 3.75. The lowest BCUT2D eigenvalue weighted by molar-refractivity contribution is 0.522. The second kappa shape index (κ2) is 3.83. The smallest absolute Gasteiger partial charge is 0.128 e. The summed E-state index contributed by atoms with van der Waals surface area (Å²) < 4.78 is 0. The fourth-order valence-corrected chi connectivity index (χ4v) is 0.725. The van der Waals surface area contributed by atoms with Gasteiger partial charge in [-0.05, 0) is 25.7 Å². The molecule has 0 saturated carbocycles. The highest BCUT2D eigenvalue weighted by Gasteiger charge is 2.19. The first-order valence-electron chi connectivity index (χ1n) is 3.58. The van der Waals surface area contributed by atoms with E-state index in [1.807, 2.05) is 0 Å². The van der Waals surface area contributed by atoms with Crippen LogP contribution in [0, 0.1) is 17.2 Å². The number of nitriles is 1. The number of alkyl halides is 1. The molecular formula is C8H14ClN. The minimum Gasteiger partial charge on any atom is -0.196 e. The maximum atomic E-state index is 8.52. The predicted octanol–water partition coefficient (Wildman–Crippen LogP) is 2.94. The molecule has 0 aliphatic heterocycles. The molecule has 0 aromatic carbocycles. The quantitative estimate of drug-likeness (QED) is 0.581. The molecule has 0 amide bonds. The van der Waals surface area contributed by atoms with Gasteiger partial charge in [-0.2, -0.15) is 5.26 Å². The first-order chi connectivity index (χ1) is 4.48. The SMILES string of the molecule is CC(C)CCC(C)(Cl)C#N. The van der Waals surface area contributed by atoms with Gasteiger partial charge in [0, 0.05) is 0 Å². The Morgan fingerprint density at radius 3 is 2.40 bits per heavy atom. The maximum absolute atomic E-state index is 8.52. The van der Waals surface area contributed by atoms with E-state index < -0.39 is 4.87 Å². The van der Waals surface area contributed by atoms with Gasteiger partial charge in [0.1, 0.15) is 4.87 Å². The number of hydrogen-bond acceptors (Lipinski definition) is 1. The van der Waals surface area contributed by atoms with Gasteiger partial charge in [0.05, 0.1) is 6.07 Å². The molecule has 0 aromatic rings. The van der Waals surface area contributed by atoms with Gasteiger partial charge in [0.25, 0.3) is 0 Å². The van der Waals surface area contributed by atoms with E-state index in [0.717, 1.165) is 12.8 Å². The molecule has 0 aliphatic rings. The third-order valence-corrected chi connectivity index (χ3v) is 1.70. The fourth-order valence-electron chi connectivity index (χ4n) is 0.616. The summed E-state index contributed by atoms with van der Waals surface area (Å²) in [5, 5.41) is 8.52. The van der Waals surface area contributed by atoms with Gasteiger partial charge in [0.2, 0.25) is 0 Å². The third-order valence-electron chi connectivity index (χ3n) is 1.42. The van der Waals surface area contributed by atoms with Crippen LogP contribution in [0.25, 0.3) is 0 Å². The van der Waals surface area contributed by atoms with Crippen LogP contribution in [-0.2, 0) is 0 Å². The van der Waals surface area contributed by atoms with Crippen LogP contribution in [0.2, 0.25) is 0 Å². The van der Waals surface area contributed by atoms with Crippen LogP contribution < -0.4 is 0 Å². The van der Waals surface area contributed by atoms with Gasteiger partial charge < -0.3 is 0 Å². The van der Waals surface area contributed by atoms with E-state index in [2.05, 4.69) is 19.9 Å². The van der Waals surface area contributed by atoms with Gasteiger partial charge in [-0.15, -0.1) is 11.6 Å². The number of nitrogens with zero attached hydrogens (tertiary/aromatic N) is 1. The number of hydrogen-bond donors (Lipinski definition) is 0. The minimum absolute atomic E-state index is 0.631. The lowest BCUT2D eigenvalue weighted by Crippen LogP contribution is -2.13. The first kappa shape index (κ1) is 9.78. The van der Waals surface area contributed by atoms with Gasteiger partial charge >= 0.3 is 0 Å². The summed E-state index contributed by atoms with van der Waals surface area (Å²) in [7, 11) is 0.